The zero-order valence-electron chi connectivity index (χ0n) is 12.1. The predicted octanol–water partition coefficient (Wildman–Crippen LogP) is 2.28. The molecule has 1 heterocycles. The lowest BCUT2D eigenvalue weighted by atomic mass is 10.2. The van der Waals surface area contributed by atoms with Gasteiger partial charge in [-0.2, -0.15) is 0 Å². The van der Waals surface area contributed by atoms with E-state index in [4.69, 9.17) is 4.74 Å². The zero-order valence-corrected chi connectivity index (χ0v) is 12.1. The van der Waals surface area contributed by atoms with E-state index in [0.29, 0.717) is 12.1 Å². The number of nitrogens with zero attached hydrogens (tertiary/aromatic N) is 1. The summed E-state index contributed by atoms with van der Waals surface area (Å²) < 4.78 is 5.25. The third-order valence-electron chi connectivity index (χ3n) is 3.85. The summed E-state index contributed by atoms with van der Waals surface area (Å²) in [5.41, 5.74) is 1.41. The van der Waals surface area contributed by atoms with Crippen LogP contribution < -0.4 is 5.32 Å². The van der Waals surface area contributed by atoms with Crippen LogP contribution in [0.25, 0.3) is 0 Å². The van der Waals surface area contributed by atoms with Crippen LogP contribution >= 0.6 is 0 Å². The molecule has 1 fully saturated rings. The van der Waals surface area contributed by atoms with E-state index in [1.165, 1.54) is 18.5 Å². The van der Waals surface area contributed by atoms with Crippen molar-refractivity contribution in [2.24, 2.45) is 0 Å². The third-order valence-corrected chi connectivity index (χ3v) is 3.85. The summed E-state index contributed by atoms with van der Waals surface area (Å²) in [4.78, 5) is 2.53. The molecular formula is C16H26N2O. The van der Waals surface area contributed by atoms with Crippen LogP contribution in [0.2, 0.25) is 0 Å². The molecular weight excluding hydrogens is 236 g/mol. The van der Waals surface area contributed by atoms with Crippen LogP contribution in [0, 0.1) is 0 Å². The molecule has 0 aliphatic carbocycles. The normalized spacial score (nSPS) is 21.7. The van der Waals surface area contributed by atoms with Gasteiger partial charge in [0, 0.05) is 38.8 Å². The average molecular weight is 262 g/mol. The van der Waals surface area contributed by atoms with Gasteiger partial charge in [0.15, 0.2) is 0 Å². The van der Waals surface area contributed by atoms with E-state index in [1.54, 1.807) is 7.11 Å². The lowest BCUT2D eigenvalue weighted by molar-refractivity contribution is 0.158. The van der Waals surface area contributed by atoms with Crippen LogP contribution in [0.15, 0.2) is 30.3 Å². The molecule has 0 saturated carbocycles. The maximum Gasteiger partial charge on any atom is 0.0615 e. The van der Waals surface area contributed by atoms with Gasteiger partial charge in [-0.05, 0) is 18.4 Å². The molecule has 1 aromatic rings. The van der Waals surface area contributed by atoms with Crippen molar-refractivity contribution in [2.75, 3.05) is 26.8 Å². The quantitative estimate of drug-likeness (QED) is 0.816. The molecule has 3 nitrogen and oxygen atoms in total. The molecule has 2 rings (SSSR count). The Balaban J connectivity index is 1.76. The minimum Gasteiger partial charge on any atom is -0.383 e. The second-order valence-corrected chi connectivity index (χ2v) is 5.43. The molecule has 3 heteroatoms. The van der Waals surface area contributed by atoms with Gasteiger partial charge >= 0.3 is 0 Å². The summed E-state index contributed by atoms with van der Waals surface area (Å²) in [7, 11) is 1.78. The second kappa shape index (κ2) is 7.63. The van der Waals surface area contributed by atoms with Gasteiger partial charge in [0.25, 0.3) is 0 Å². The molecule has 1 aliphatic heterocycles. The summed E-state index contributed by atoms with van der Waals surface area (Å²) in [5, 5.41) is 3.72. The Kier molecular flexibility index (Phi) is 5.83. The number of hydrogen-bond donors (Lipinski definition) is 1. The summed E-state index contributed by atoms with van der Waals surface area (Å²) >= 11 is 0. The number of nitrogens with one attached hydrogen (secondary N) is 1. The molecule has 19 heavy (non-hydrogen) atoms. The number of methoxy groups -OCH3 is 1. The molecule has 1 aliphatic rings. The zero-order chi connectivity index (χ0) is 13.5. The Bertz CT molecular complexity index is 355. The van der Waals surface area contributed by atoms with Crippen molar-refractivity contribution in [1.82, 2.24) is 10.2 Å². The number of benzene rings is 1. The summed E-state index contributed by atoms with van der Waals surface area (Å²) in [5.74, 6) is 0. The molecule has 1 N–H and O–H groups in total. The Labute approximate surface area is 116 Å². The van der Waals surface area contributed by atoms with Gasteiger partial charge in [-0.25, -0.2) is 0 Å². The monoisotopic (exact) mass is 262 g/mol. The molecule has 0 bridgehead atoms. The molecule has 0 aromatic heterocycles. The lowest BCUT2D eigenvalue weighted by Crippen LogP contribution is -2.42. The van der Waals surface area contributed by atoms with E-state index in [1.807, 2.05) is 0 Å². The minimum absolute atomic E-state index is 0.492. The van der Waals surface area contributed by atoms with E-state index in [2.05, 4.69) is 47.5 Å². The van der Waals surface area contributed by atoms with Gasteiger partial charge < -0.3 is 10.1 Å². The number of rotatable bonds is 7. The van der Waals surface area contributed by atoms with Crippen molar-refractivity contribution < 1.29 is 4.74 Å². The van der Waals surface area contributed by atoms with Gasteiger partial charge in [-0.1, -0.05) is 37.3 Å². The molecule has 0 spiro atoms. The second-order valence-electron chi connectivity index (χ2n) is 5.43. The van der Waals surface area contributed by atoms with E-state index in [9.17, 15) is 0 Å². The largest absolute Gasteiger partial charge is 0.383 e. The molecule has 1 aromatic carbocycles. The van der Waals surface area contributed by atoms with Crippen LogP contribution in [0.5, 0.6) is 0 Å². The fraction of sp³-hybridized carbons (Fsp3) is 0.625. The summed E-state index contributed by atoms with van der Waals surface area (Å²) in [6, 6.07) is 11.8. The first kappa shape index (κ1) is 14.5. The van der Waals surface area contributed by atoms with Crippen molar-refractivity contribution in [3.8, 4) is 0 Å². The predicted molar refractivity (Wildman–Crippen MR) is 79.2 cm³/mol. The smallest absolute Gasteiger partial charge is 0.0615 e. The number of hydrogen-bond acceptors (Lipinski definition) is 3. The molecule has 1 saturated heterocycles. The van der Waals surface area contributed by atoms with Gasteiger partial charge in [-0.15, -0.1) is 0 Å². The van der Waals surface area contributed by atoms with Crippen molar-refractivity contribution in [2.45, 2.75) is 38.4 Å². The van der Waals surface area contributed by atoms with E-state index >= 15 is 0 Å². The first-order valence-electron chi connectivity index (χ1n) is 7.33. The van der Waals surface area contributed by atoms with Gasteiger partial charge in [0.05, 0.1) is 6.61 Å². The highest BCUT2D eigenvalue weighted by atomic mass is 16.5. The topological polar surface area (TPSA) is 24.5 Å². The minimum atomic E-state index is 0.492. The van der Waals surface area contributed by atoms with Crippen LogP contribution in [0.4, 0.5) is 0 Å². The standard InChI is InChI=1S/C16H26N2O/c1-3-15(13-19-2)17-16-9-10-18(12-16)11-14-7-5-4-6-8-14/h4-8,15-17H,3,9-13H2,1-2H3. The van der Waals surface area contributed by atoms with E-state index in [0.717, 1.165) is 26.1 Å². The van der Waals surface area contributed by atoms with Crippen molar-refractivity contribution in [3.63, 3.8) is 0 Å². The van der Waals surface area contributed by atoms with Crippen LogP contribution in [-0.4, -0.2) is 43.8 Å². The Morgan fingerprint density at radius 1 is 1.37 bits per heavy atom. The van der Waals surface area contributed by atoms with Crippen molar-refractivity contribution >= 4 is 0 Å². The van der Waals surface area contributed by atoms with E-state index < -0.39 is 0 Å². The highest BCUT2D eigenvalue weighted by molar-refractivity contribution is 5.14. The molecule has 2 unspecified atom stereocenters. The van der Waals surface area contributed by atoms with Crippen LogP contribution in [0.1, 0.15) is 25.3 Å². The van der Waals surface area contributed by atoms with Crippen molar-refractivity contribution in [1.29, 1.82) is 0 Å². The summed E-state index contributed by atoms with van der Waals surface area (Å²) in [6.45, 7) is 6.43. The Hall–Kier alpha value is -0.900. The fourth-order valence-corrected chi connectivity index (χ4v) is 2.77. The van der Waals surface area contributed by atoms with Gasteiger partial charge in [-0.3, -0.25) is 4.90 Å². The van der Waals surface area contributed by atoms with Gasteiger partial charge in [0.1, 0.15) is 0 Å². The molecule has 0 amide bonds. The highest BCUT2D eigenvalue weighted by Crippen LogP contribution is 2.14. The first-order chi connectivity index (χ1) is 9.31. The van der Waals surface area contributed by atoms with Crippen molar-refractivity contribution in [3.05, 3.63) is 35.9 Å². The molecule has 106 valence electrons. The average Bonchev–Trinajstić information content (AvgIpc) is 2.86. The summed E-state index contributed by atoms with van der Waals surface area (Å²) in [6.07, 6.45) is 2.37. The maximum absolute atomic E-state index is 5.25. The third kappa shape index (κ3) is 4.60. The fourth-order valence-electron chi connectivity index (χ4n) is 2.77. The highest BCUT2D eigenvalue weighted by Gasteiger charge is 2.23. The number of ether oxygens (including phenoxy) is 1. The SMILES string of the molecule is CCC(COC)NC1CCN(Cc2ccccc2)C1. The number of likely N-dealkylation sites (tertiary alicyclic amines) is 1. The maximum atomic E-state index is 5.25. The van der Waals surface area contributed by atoms with Crippen LogP contribution in [-0.2, 0) is 11.3 Å². The lowest BCUT2D eigenvalue weighted by Gasteiger charge is -2.22. The van der Waals surface area contributed by atoms with E-state index in [-0.39, 0.29) is 0 Å². The van der Waals surface area contributed by atoms with Gasteiger partial charge in [0.2, 0.25) is 0 Å². The van der Waals surface area contributed by atoms with Crippen LogP contribution in [0.3, 0.4) is 0 Å². The Morgan fingerprint density at radius 3 is 2.84 bits per heavy atom. The Morgan fingerprint density at radius 2 is 2.16 bits per heavy atom. The molecule has 2 atom stereocenters. The molecule has 0 radical (unpaired) electrons. The first-order valence-corrected chi connectivity index (χ1v) is 7.33.